The lowest BCUT2D eigenvalue weighted by Gasteiger charge is -2.36. The molecule has 6 nitrogen and oxygen atoms in total. The number of nitrogens with zero attached hydrogens (tertiary/aromatic N) is 2. The highest BCUT2D eigenvalue weighted by Crippen LogP contribution is 2.44. The van der Waals surface area contributed by atoms with Crippen molar-refractivity contribution in [1.82, 2.24) is 10.2 Å². The Morgan fingerprint density at radius 2 is 1.84 bits per heavy atom. The number of amides is 2. The molecule has 164 valence electrons. The van der Waals surface area contributed by atoms with Crippen LogP contribution in [-0.4, -0.2) is 28.4 Å². The normalized spacial score (nSPS) is 17.5. The minimum absolute atomic E-state index is 0.0722. The van der Waals surface area contributed by atoms with Crippen LogP contribution in [-0.2, 0) is 9.59 Å². The maximum Gasteiger partial charge on any atom is 0.255 e. The first-order chi connectivity index (χ1) is 15.5. The van der Waals surface area contributed by atoms with Gasteiger partial charge in [0.15, 0.2) is 5.17 Å². The lowest BCUT2D eigenvalue weighted by molar-refractivity contribution is -0.120. The summed E-state index contributed by atoms with van der Waals surface area (Å²) >= 11 is 7.59. The molecule has 0 fully saturated rings. The van der Waals surface area contributed by atoms with Gasteiger partial charge in [-0.3, -0.25) is 9.59 Å². The van der Waals surface area contributed by atoms with Crippen LogP contribution in [0.15, 0.2) is 82.0 Å². The van der Waals surface area contributed by atoms with E-state index in [2.05, 4.69) is 10.6 Å². The van der Waals surface area contributed by atoms with Gasteiger partial charge in [-0.05, 0) is 49.1 Å². The standard InChI is InChI=1S/C24H23ClN4O2S/c1-3-26-20(30)13-19-14-32-24-27-15(2)21(23(31)28-18-7-5-4-6-8-18)22(29(19)24)16-9-11-17(25)12-10-16/h4-12,14,22H,3,13H2,1-2H3,(H,26,30)(H,28,31). The van der Waals surface area contributed by atoms with Crippen LogP contribution in [0.2, 0.25) is 5.02 Å². The highest BCUT2D eigenvalue weighted by Gasteiger charge is 2.40. The minimum atomic E-state index is -0.431. The van der Waals surface area contributed by atoms with Crippen LogP contribution >= 0.6 is 23.4 Å². The summed E-state index contributed by atoms with van der Waals surface area (Å²) in [4.78, 5) is 32.5. The lowest BCUT2D eigenvalue weighted by atomic mass is 9.93. The fraction of sp³-hybridized carbons (Fsp3) is 0.208. The summed E-state index contributed by atoms with van der Waals surface area (Å²) in [6.45, 7) is 4.29. The Labute approximate surface area is 196 Å². The number of fused-ring (bicyclic) bond motifs is 1. The second-order valence-corrected chi connectivity index (χ2v) is 8.67. The van der Waals surface area contributed by atoms with Crippen LogP contribution in [0.4, 0.5) is 5.69 Å². The predicted octanol–water partition coefficient (Wildman–Crippen LogP) is 5.08. The maximum atomic E-state index is 13.5. The number of nitrogens with one attached hydrogen (secondary N) is 2. The van der Waals surface area contributed by atoms with Gasteiger partial charge in [-0.25, -0.2) is 4.99 Å². The summed E-state index contributed by atoms with van der Waals surface area (Å²) in [5, 5.41) is 9.12. The summed E-state index contributed by atoms with van der Waals surface area (Å²) in [6.07, 6.45) is 0.205. The number of aliphatic imine (C=N–C) groups is 1. The molecule has 0 aromatic heterocycles. The molecule has 8 heteroatoms. The number of rotatable bonds is 6. The van der Waals surface area contributed by atoms with E-state index in [1.54, 1.807) is 12.1 Å². The van der Waals surface area contributed by atoms with Gasteiger partial charge in [0.1, 0.15) is 0 Å². The lowest BCUT2D eigenvalue weighted by Crippen LogP contribution is -2.38. The minimum Gasteiger partial charge on any atom is -0.356 e. The number of carbonyl (C=O) groups is 2. The Kier molecular flexibility index (Phi) is 6.67. The van der Waals surface area contributed by atoms with E-state index in [1.165, 1.54) is 11.8 Å². The Morgan fingerprint density at radius 1 is 1.12 bits per heavy atom. The Balaban J connectivity index is 1.74. The van der Waals surface area contributed by atoms with Gasteiger partial charge in [-0.1, -0.05) is 53.7 Å². The number of allylic oxidation sites excluding steroid dienone is 1. The quantitative estimate of drug-likeness (QED) is 0.622. The molecule has 0 saturated heterocycles. The average Bonchev–Trinajstić information content (AvgIpc) is 3.16. The van der Waals surface area contributed by atoms with Crippen LogP contribution < -0.4 is 10.6 Å². The van der Waals surface area contributed by atoms with Gasteiger partial charge in [0, 0.05) is 23.0 Å². The van der Waals surface area contributed by atoms with Gasteiger partial charge < -0.3 is 15.5 Å². The van der Waals surface area contributed by atoms with E-state index in [-0.39, 0.29) is 18.2 Å². The summed E-state index contributed by atoms with van der Waals surface area (Å²) in [5.41, 5.74) is 3.58. The highest BCUT2D eigenvalue weighted by molar-refractivity contribution is 8.16. The number of anilines is 1. The van der Waals surface area contributed by atoms with Crippen molar-refractivity contribution >= 4 is 46.0 Å². The van der Waals surface area contributed by atoms with Crippen molar-refractivity contribution in [2.75, 3.05) is 11.9 Å². The van der Waals surface area contributed by atoms with Crippen molar-refractivity contribution in [3.63, 3.8) is 0 Å². The molecular weight excluding hydrogens is 444 g/mol. The van der Waals surface area contributed by atoms with Gasteiger partial charge in [0.2, 0.25) is 5.91 Å². The van der Waals surface area contributed by atoms with E-state index in [0.29, 0.717) is 28.5 Å². The van der Waals surface area contributed by atoms with E-state index >= 15 is 0 Å². The van der Waals surface area contributed by atoms with E-state index < -0.39 is 6.04 Å². The number of hydrogen-bond acceptors (Lipinski definition) is 5. The van der Waals surface area contributed by atoms with E-state index in [1.807, 2.05) is 66.6 Å². The zero-order chi connectivity index (χ0) is 22.7. The molecule has 32 heavy (non-hydrogen) atoms. The molecule has 0 aliphatic carbocycles. The molecule has 2 heterocycles. The van der Waals surface area contributed by atoms with Crippen molar-refractivity contribution in [2.45, 2.75) is 26.3 Å². The van der Waals surface area contributed by atoms with E-state index in [0.717, 1.165) is 16.4 Å². The second-order valence-electron chi connectivity index (χ2n) is 7.40. The number of benzene rings is 2. The van der Waals surface area contributed by atoms with Gasteiger partial charge in [-0.2, -0.15) is 0 Å². The fourth-order valence-corrected chi connectivity index (χ4v) is 4.85. The smallest absolute Gasteiger partial charge is 0.255 e. The molecule has 0 spiro atoms. The fourth-order valence-electron chi connectivity index (χ4n) is 3.76. The topological polar surface area (TPSA) is 73.8 Å². The number of halogens is 1. The Morgan fingerprint density at radius 3 is 2.53 bits per heavy atom. The molecular formula is C24H23ClN4O2S. The van der Waals surface area contributed by atoms with Gasteiger partial charge >= 0.3 is 0 Å². The Hall–Kier alpha value is -3.03. The van der Waals surface area contributed by atoms with E-state index in [4.69, 9.17) is 16.6 Å². The SMILES string of the molecule is CCNC(=O)CC1=CSC2=NC(C)=C(C(=O)Nc3ccccc3)C(c3ccc(Cl)cc3)N12. The molecule has 2 aromatic rings. The third-order valence-corrected chi connectivity index (χ3v) is 6.32. The van der Waals surface area contributed by atoms with Crippen LogP contribution in [0.3, 0.4) is 0 Å². The van der Waals surface area contributed by atoms with Crippen LogP contribution in [0.25, 0.3) is 0 Å². The van der Waals surface area contributed by atoms with Crippen molar-refractivity contribution in [3.05, 3.63) is 87.6 Å². The molecule has 2 N–H and O–H groups in total. The number of hydrogen-bond donors (Lipinski definition) is 2. The van der Waals surface area contributed by atoms with E-state index in [9.17, 15) is 9.59 Å². The molecule has 1 unspecified atom stereocenters. The van der Waals surface area contributed by atoms with Gasteiger partial charge in [-0.15, -0.1) is 0 Å². The average molecular weight is 467 g/mol. The molecule has 0 saturated carbocycles. The zero-order valence-corrected chi connectivity index (χ0v) is 19.3. The van der Waals surface area contributed by atoms with Gasteiger partial charge in [0.05, 0.1) is 23.7 Å². The Bertz CT molecular complexity index is 1130. The zero-order valence-electron chi connectivity index (χ0n) is 17.8. The molecule has 2 aliphatic heterocycles. The summed E-state index contributed by atoms with van der Waals surface area (Å²) in [5.74, 6) is -0.303. The summed E-state index contributed by atoms with van der Waals surface area (Å²) in [6, 6.07) is 16.3. The van der Waals surface area contributed by atoms with Crippen molar-refractivity contribution < 1.29 is 9.59 Å². The summed E-state index contributed by atoms with van der Waals surface area (Å²) < 4.78 is 0. The maximum absolute atomic E-state index is 13.5. The van der Waals surface area contributed by atoms with Crippen LogP contribution in [0.1, 0.15) is 31.9 Å². The third kappa shape index (κ3) is 4.59. The second kappa shape index (κ2) is 9.63. The molecule has 2 aliphatic rings. The molecule has 2 aromatic carbocycles. The largest absolute Gasteiger partial charge is 0.356 e. The highest BCUT2D eigenvalue weighted by atomic mass is 35.5. The molecule has 0 radical (unpaired) electrons. The van der Waals surface area contributed by atoms with Crippen LogP contribution in [0, 0.1) is 0 Å². The van der Waals surface area contributed by atoms with Gasteiger partial charge in [0.25, 0.3) is 5.91 Å². The molecule has 2 amide bonds. The molecule has 1 atom stereocenters. The number of para-hydroxylation sites is 1. The first kappa shape index (κ1) is 22.2. The third-order valence-electron chi connectivity index (χ3n) is 5.18. The number of thioether (sulfide) groups is 1. The van der Waals surface area contributed by atoms with Crippen molar-refractivity contribution in [1.29, 1.82) is 0 Å². The molecule has 0 bridgehead atoms. The van der Waals surface area contributed by atoms with Crippen molar-refractivity contribution in [2.24, 2.45) is 4.99 Å². The first-order valence-electron chi connectivity index (χ1n) is 10.3. The summed E-state index contributed by atoms with van der Waals surface area (Å²) in [7, 11) is 0. The van der Waals surface area contributed by atoms with Crippen LogP contribution in [0.5, 0.6) is 0 Å². The number of amidine groups is 1. The molecule has 4 rings (SSSR count). The monoisotopic (exact) mass is 466 g/mol. The first-order valence-corrected chi connectivity index (χ1v) is 11.6. The number of carbonyl (C=O) groups excluding carboxylic acids is 2. The predicted molar refractivity (Wildman–Crippen MR) is 130 cm³/mol. The van der Waals surface area contributed by atoms with Crippen molar-refractivity contribution in [3.8, 4) is 0 Å².